The van der Waals surface area contributed by atoms with Gasteiger partial charge in [0.15, 0.2) is 11.5 Å². The molecule has 0 saturated carbocycles. The van der Waals surface area contributed by atoms with Gasteiger partial charge in [0.05, 0.1) is 7.11 Å². The van der Waals surface area contributed by atoms with Crippen molar-refractivity contribution in [2.75, 3.05) is 20.2 Å². The van der Waals surface area contributed by atoms with Gasteiger partial charge in [-0.25, -0.2) is 0 Å². The van der Waals surface area contributed by atoms with Gasteiger partial charge in [0.1, 0.15) is 0 Å². The zero-order valence-electron chi connectivity index (χ0n) is 11.4. The first-order chi connectivity index (χ1) is 9.51. The number of hydrogen-bond donors (Lipinski definition) is 1. The summed E-state index contributed by atoms with van der Waals surface area (Å²) in [5, 5.41) is 0. The molecule has 1 aromatic rings. The Kier molecular flexibility index (Phi) is 6.17. The van der Waals surface area contributed by atoms with Crippen molar-refractivity contribution < 1.29 is 23.0 Å². The summed E-state index contributed by atoms with van der Waals surface area (Å²) >= 11 is 0. The molecule has 0 bridgehead atoms. The maximum atomic E-state index is 12.2. The van der Waals surface area contributed by atoms with Gasteiger partial charge in [0, 0.05) is 24.7 Å². The van der Waals surface area contributed by atoms with E-state index in [4.69, 9.17) is 10.5 Å². The van der Waals surface area contributed by atoms with Gasteiger partial charge in [-0.3, -0.25) is 4.79 Å². The minimum atomic E-state index is -2.94. The predicted octanol–water partition coefficient (Wildman–Crippen LogP) is 1.89. The van der Waals surface area contributed by atoms with Crippen LogP contribution in [-0.4, -0.2) is 43.7 Å². The smallest absolute Gasteiger partial charge is 0.387 e. The van der Waals surface area contributed by atoms with Crippen molar-refractivity contribution in [3.63, 3.8) is 0 Å². The second-order valence-corrected chi connectivity index (χ2v) is 4.54. The first kappa shape index (κ1) is 17.5. The number of ether oxygens (including phenoxy) is 2. The Hall–Kier alpha value is -1.60. The van der Waals surface area contributed by atoms with Gasteiger partial charge in [0.25, 0.3) is 5.91 Å². The number of nitrogens with two attached hydrogens (primary N) is 1. The van der Waals surface area contributed by atoms with Crippen LogP contribution >= 0.6 is 12.4 Å². The van der Waals surface area contributed by atoms with E-state index in [1.54, 1.807) is 4.90 Å². The summed E-state index contributed by atoms with van der Waals surface area (Å²) < 4.78 is 33.7. The fourth-order valence-electron chi connectivity index (χ4n) is 2.15. The molecule has 1 atom stereocenters. The minimum absolute atomic E-state index is 0. The second-order valence-electron chi connectivity index (χ2n) is 4.54. The lowest BCUT2D eigenvalue weighted by Crippen LogP contribution is -2.31. The second kappa shape index (κ2) is 7.42. The molecule has 2 rings (SSSR count). The van der Waals surface area contributed by atoms with Crippen molar-refractivity contribution in [3.8, 4) is 11.5 Å². The third kappa shape index (κ3) is 4.18. The van der Waals surface area contributed by atoms with Crippen LogP contribution in [0.3, 0.4) is 0 Å². The monoisotopic (exact) mass is 322 g/mol. The van der Waals surface area contributed by atoms with E-state index in [1.807, 2.05) is 0 Å². The number of methoxy groups -OCH3 is 1. The van der Waals surface area contributed by atoms with Crippen LogP contribution in [0.4, 0.5) is 8.78 Å². The standard InChI is InChI=1S/C13H16F2N2O3.ClH/c1-19-11-6-8(2-3-10(11)20-13(14)15)12(18)17-5-4-9(16)7-17;/h2-3,6,9,13H,4-5,7,16H2,1H3;1H/t9-;/m1./s1. The summed E-state index contributed by atoms with van der Waals surface area (Å²) in [5.41, 5.74) is 6.11. The molecule has 0 spiro atoms. The molecule has 118 valence electrons. The molecule has 0 unspecified atom stereocenters. The van der Waals surface area contributed by atoms with Crippen molar-refractivity contribution in [2.45, 2.75) is 19.1 Å². The first-order valence-corrected chi connectivity index (χ1v) is 6.19. The number of rotatable bonds is 4. The number of alkyl halides is 2. The highest BCUT2D eigenvalue weighted by atomic mass is 35.5. The van der Waals surface area contributed by atoms with Crippen LogP contribution in [0.1, 0.15) is 16.8 Å². The lowest BCUT2D eigenvalue weighted by molar-refractivity contribution is -0.0512. The fourth-order valence-corrected chi connectivity index (χ4v) is 2.15. The number of hydrogen-bond acceptors (Lipinski definition) is 4. The third-order valence-corrected chi connectivity index (χ3v) is 3.14. The van der Waals surface area contributed by atoms with E-state index in [1.165, 1.54) is 25.3 Å². The van der Waals surface area contributed by atoms with E-state index >= 15 is 0 Å². The van der Waals surface area contributed by atoms with Gasteiger partial charge in [-0.05, 0) is 24.6 Å². The molecular formula is C13H17ClF2N2O3. The first-order valence-electron chi connectivity index (χ1n) is 6.19. The average molecular weight is 323 g/mol. The summed E-state index contributed by atoms with van der Waals surface area (Å²) in [7, 11) is 1.33. The average Bonchev–Trinajstić information content (AvgIpc) is 2.84. The Balaban J connectivity index is 0.00000220. The molecule has 1 amide bonds. The Morgan fingerprint density at radius 2 is 2.14 bits per heavy atom. The van der Waals surface area contributed by atoms with Gasteiger partial charge in [-0.2, -0.15) is 8.78 Å². The predicted molar refractivity (Wildman–Crippen MR) is 75.4 cm³/mol. The summed E-state index contributed by atoms with van der Waals surface area (Å²) in [6, 6.07) is 4.12. The van der Waals surface area contributed by atoms with Gasteiger partial charge >= 0.3 is 6.61 Å². The summed E-state index contributed by atoms with van der Waals surface area (Å²) in [5.74, 6) is -0.198. The molecule has 21 heavy (non-hydrogen) atoms. The van der Waals surface area contributed by atoms with Crippen molar-refractivity contribution in [1.29, 1.82) is 0 Å². The summed E-state index contributed by atoms with van der Waals surface area (Å²) in [6.07, 6.45) is 0.759. The Labute approximate surface area is 127 Å². The van der Waals surface area contributed by atoms with E-state index in [-0.39, 0.29) is 35.9 Å². The number of carbonyl (C=O) groups is 1. The highest BCUT2D eigenvalue weighted by Gasteiger charge is 2.25. The van der Waals surface area contributed by atoms with Crippen molar-refractivity contribution in [2.24, 2.45) is 5.73 Å². The van der Waals surface area contributed by atoms with E-state index in [0.29, 0.717) is 18.7 Å². The quantitative estimate of drug-likeness (QED) is 0.919. The molecule has 1 aliphatic rings. The maximum Gasteiger partial charge on any atom is 0.387 e. The van der Waals surface area contributed by atoms with Crippen molar-refractivity contribution in [3.05, 3.63) is 23.8 Å². The van der Waals surface area contributed by atoms with Crippen LogP contribution in [0.15, 0.2) is 18.2 Å². The van der Waals surface area contributed by atoms with Gasteiger partial charge in [-0.1, -0.05) is 0 Å². The van der Waals surface area contributed by atoms with E-state index in [9.17, 15) is 13.6 Å². The minimum Gasteiger partial charge on any atom is -0.493 e. The zero-order chi connectivity index (χ0) is 14.7. The summed E-state index contributed by atoms with van der Waals surface area (Å²) in [4.78, 5) is 13.9. The molecule has 1 heterocycles. The van der Waals surface area contributed by atoms with E-state index < -0.39 is 6.61 Å². The highest BCUT2D eigenvalue weighted by molar-refractivity contribution is 5.95. The molecule has 1 fully saturated rings. The molecule has 1 saturated heterocycles. The molecule has 1 aromatic carbocycles. The van der Waals surface area contributed by atoms with Crippen LogP contribution in [0.25, 0.3) is 0 Å². The number of amides is 1. The molecular weight excluding hydrogens is 306 g/mol. The van der Waals surface area contributed by atoms with Crippen LogP contribution in [0.5, 0.6) is 11.5 Å². The lowest BCUT2D eigenvalue weighted by Gasteiger charge is -2.17. The van der Waals surface area contributed by atoms with Crippen molar-refractivity contribution in [1.82, 2.24) is 4.90 Å². The zero-order valence-corrected chi connectivity index (χ0v) is 12.2. The van der Waals surface area contributed by atoms with Crippen LogP contribution in [0.2, 0.25) is 0 Å². The number of halogens is 3. The molecule has 2 N–H and O–H groups in total. The van der Waals surface area contributed by atoms with E-state index in [0.717, 1.165) is 6.42 Å². The van der Waals surface area contributed by atoms with Crippen LogP contribution < -0.4 is 15.2 Å². The molecule has 0 aliphatic carbocycles. The van der Waals surface area contributed by atoms with Crippen molar-refractivity contribution >= 4 is 18.3 Å². The number of nitrogens with zero attached hydrogens (tertiary/aromatic N) is 1. The molecule has 0 aromatic heterocycles. The Morgan fingerprint density at radius 3 is 2.67 bits per heavy atom. The van der Waals surface area contributed by atoms with Gasteiger partial charge in [-0.15, -0.1) is 12.4 Å². The SMILES string of the molecule is COc1cc(C(=O)N2CC[C@@H](N)C2)ccc1OC(F)F.Cl. The topological polar surface area (TPSA) is 64.8 Å². The Bertz CT molecular complexity index is 502. The lowest BCUT2D eigenvalue weighted by atomic mass is 10.1. The maximum absolute atomic E-state index is 12.2. The van der Waals surface area contributed by atoms with Gasteiger partial charge in [0.2, 0.25) is 0 Å². The van der Waals surface area contributed by atoms with Crippen LogP contribution in [-0.2, 0) is 0 Å². The largest absolute Gasteiger partial charge is 0.493 e. The highest BCUT2D eigenvalue weighted by Crippen LogP contribution is 2.30. The number of benzene rings is 1. The molecule has 0 radical (unpaired) electrons. The van der Waals surface area contributed by atoms with Gasteiger partial charge < -0.3 is 20.1 Å². The Morgan fingerprint density at radius 1 is 1.43 bits per heavy atom. The number of likely N-dealkylation sites (tertiary alicyclic amines) is 1. The number of carbonyl (C=O) groups excluding carboxylic acids is 1. The fraction of sp³-hybridized carbons (Fsp3) is 0.462. The normalized spacial score (nSPS) is 17.6. The molecule has 8 heteroatoms. The summed E-state index contributed by atoms with van der Waals surface area (Å²) in [6.45, 7) is -1.85. The molecule has 1 aliphatic heterocycles. The molecule has 5 nitrogen and oxygen atoms in total. The van der Waals surface area contributed by atoms with Crippen LogP contribution in [0, 0.1) is 0 Å². The van der Waals surface area contributed by atoms with E-state index in [2.05, 4.69) is 4.74 Å². The third-order valence-electron chi connectivity index (χ3n) is 3.14.